The minimum Gasteiger partial charge on any atom is -0.457 e. The van der Waals surface area contributed by atoms with Gasteiger partial charge in [0.2, 0.25) is 0 Å². The zero-order valence-corrected chi connectivity index (χ0v) is 14.0. The van der Waals surface area contributed by atoms with E-state index in [1.54, 1.807) is 0 Å². The van der Waals surface area contributed by atoms with Crippen LogP contribution < -0.4 is 10.1 Å². The highest BCUT2D eigenvalue weighted by Crippen LogP contribution is 2.32. The number of halogens is 2. The molecule has 0 bridgehead atoms. The van der Waals surface area contributed by atoms with Gasteiger partial charge in [0.15, 0.2) is 0 Å². The highest BCUT2D eigenvalue weighted by atomic mass is 79.9. The molecule has 0 aliphatic heterocycles. The molecule has 0 unspecified atom stereocenters. The summed E-state index contributed by atoms with van der Waals surface area (Å²) in [7, 11) is 1.93. The van der Waals surface area contributed by atoms with Crippen molar-refractivity contribution >= 4 is 31.9 Å². The number of hydrogen-bond acceptors (Lipinski definition) is 2. The summed E-state index contributed by atoms with van der Waals surface area (Å²) in [6.45, 7) is 2.81. The number of nitrogens with one attached hydrogen (secondary N) is 1. The standard InChI is InChI=1S/C15H15Br2NO/c1-10-3-5-12(16)7-14(10)19-15-8-13(17)6-4-11(15)9-18-2/h3-8,18H,9H2,1-2H3. The third-order valence-corrected chi connectivity index (χ3v) is 3.75. The maximum Gasteiger partial charge on any atom is 0.133 e. The van der Waals surface area contributed by atoms with Gasteiger partial charge in [0.05, 0.1) is 0 Å². The van der Waals surface area contributed by atoms with Crippen LogP contribution in [-0.2, 0) is 6.54 Å². The summed E-state index contributed by atoms with van der Waals surface area (Å²) < 4.78 is 8.08. The summed E-state index contributed by atoms with van der Waals surface area (Å²) in [6, 6.07) is 12.1. The molecule has 4 heteroatoms. The average molecular weight is 385 g/mol. The van der Waals surface area contributed by atoms with Crippen molar-refractivity contribution in [1.82, 2.24) is 5.32 Å². The van der Waals surface area contributed by atoms with Gasteiger partial charge in [-0.1, -0.05) is 44.0 Å². The maximum atomic E-state index is 6.05. The summed E-state index contributed by atoms with van der Waals surface area (Å²) in [5.74, 6) is 1.73. The van der Waals surface area contributed by atoms with E-state index >= 15 is 0 Å². The second kappa shape index (κ2) is 6.55. The Morgan fingerprint density at radius 2 is 1.63 bits per heavy atom. The first kappa shape index (κ1) is 14.6. The number of aryl methyl sites for hydroxylation is 1. The average Bonchev–Trinajstić information content (AvgIpc) is 2.37. The molecule has 0 amide bonds. The van der Waals surface area contributed by atoms with E-state index in [-0.39, 0.29) is 0 Å². The zero-order chi connectivity index (χ0) is 13.8. The molecule has 2 aromatic rings. The fourth-order valence-corrected chi connectivity index (χ4v) is 2.44. The molecule has 0 fully saturated rings. The van der Waals surface area contributed by atoms with Crippen LogP contribution in [0.1, 0.15) is 11.1 Å². The number of ether oxygens (including phenoxy) is 1. The monoisotopic (exact) mass is 383 g/mol. The van der Waals surface area contributed by atoms with Crippen LogP contribution in [0.5, 0.6) is 11.5 Å². The molecule has 0 aliphatic rings. The lowest BCUT2D eigenvalue weighted by Crippen LogP contribution is -2.06. The van der Waals surface area contributed by atoms with Crippen molar-refractivity contribution in [3.05, 3.63) is 56.5 Å². The van der Waals surface area contributed by atoms with E-state index in [9.17, 15) is 0 Å². The molecule has 2 aromatic carbocycles. The van der Waals surface area contributed by atoms with Crippen molar-refractivity contribution in [3.63, 3.8) is 0 Å². The van der Waals surface area contributed by atoms with Gasteiger partial charge in [0.1, 0.15) is 11.5 Å². The van der Waals surface area contributed by atoms with E-state index in [1.807, 2.05) is 44.3 Å². The molecule has 0 aromatic heterocycles. The van der Waals surface area contributed by atoms with Gasteiger partial charge in [-0.25, -0.2) is 0 Å². The minimum absolute atomic E-state index is 0.773. The summed E-state index contributed by atoms with van der Waals surface area (Å²) in [6.07, 6.45) is 0. The van der Waals surface area contributed by atoms with Gasteiger partial charge < -0.3 is 10.1 Å². The van der Waals surface area contributed by atoms with Gasteiger partial charge in [-0.3, -0.25) is 0 Å². The van der Waals surface area contributed by atoms with Crippen molar-refractivity contribution in [2.75, 3.05) is 7.05 Å². The predicted molar refractivity (Wildman–Crippen MR) is 85.9 cm³/mol. The molecule has 2 nitrogen and oxygen atoms in total. The molecule has 100 valence electrons. The molecular formula is C15H15Br2NO. The Morgan fingerprint density at radius 1 is 1.00 bits per heavy atom. The topological polar surface area (TPSA) is 21.3 Å². The van der Waals surface area contributed by atoms with Crippen molar-refractivity contribution in [1.29, 1.82) is 0 Å². The lowest BCUT2D eigenvalue weighted by Gasteiger charge is -2.13. The quantitative estimate of drug-likeness (QED) is 0.797. The van der Waals surface area contributed by atoms with Crippen molar-refractivity contribution in [3.8, 4) is 11.5 Å². The minimum atomic E-state index is 0.773. The van der Waals surface area contributed by atoms with Crippen LogP contribution in [-0.4, -0.2) is 7.05 Å². The van der Waals surface area contributed by atoms with Crippen molar-refractivity contribution in [2.45, 2.75) is 13.5 Å². The normalized spacial score (nSPS) is 10.5. The first-order valence-electron chi connectivity index (χ1n) is 5.97. The molecule has 0 heterocycles. The Labute approximate surface area is 130 Å². The van der Waals surface area contributed by atoms with Crippen LogP contribution in [0.4, 0.5) is 0 Å². The van der Waals surface area contributed by atoms with Crippen molar-refractivity contribution in [2.24, 2.45) is 0 Å². The second-order valence-electron chi connectivity index (χ2n) is 4.29. The van der Waals surface area contributed by atoms with Crippen molar-refractivity contribution < 1.29 is 4.74 Å². The molecular weight excluding hydrogens is 370 g/mol. The van der Waals surface area contributed by atoms with Gasteiger partial charge in [-0.2, -0.15) is 0 Å². The van der Waals surface area contributed by atoms with E-state index in [4.69, 9.17) is 4.74 Å². The number of benzene rings is 2. The van der Waals surface area contributed by atoms with Gasteiger partial charge in [-0.15, -0.1) is 0 Å². The second-order valence-corrected chi connectivity index (χ2v) is 6.13. The Kier molecular flexibility index (Phi) is 5.02. The summed E-state index contributed by atoms with van der Waals surface area (Å²) in [4.78, 5) is 0. The van der Waals surface area contributed by atoms with Gasteiger partial charge in [0.25, 0.3) is 0 Å². The highest BCUT2D eigenvalue weighted by molar-refractivity contribution is 9.10. The Balaban J connectivity index is 2.36. The fourth-order valence-electron chi connectivity index (χ4n) is 1.76. The highest BCUT2D eigenvalue weighted by Gasteiger charge is 2.08. The van der Waals surface area contributed by atoms with E-state index in [1.165, 1.54) is 0 Å². The smallest absolute Gasteiger partial charge is 0.133 e. The molecule has 0 radical (unpaired) electrons. The van der Waals surface area contributed by atoms with Gasteiger partial charge >= 0.3 is 0 Å². The summed E-state index contributed by atoms with van der Waals surface area (Å²) in [5, 5.41) is 3.15. The Hall–Kier alpha value is -0.840. The van der Waals surface area contributed by atoms with E-state index < -0.39 is 0 Å². The lowest BCUT2D eigenvalue weighted by atomic mass is 10.2. The number of hydrogen-bond donors (Lipinski definition) is 1. The van der Waals surface area contributed by atoms with Crippen LogP contribution in [0.25, 0.3) is 0 Å². The van der Waals surface area contributed by atoms with Crippen LogP contribution >= 0.6 is 31.9 Å². The largest absolute Gasteiger partial charge is 0.457 e. The van der Waals surface area contributed by atoms with Gasteiger partial charge in [0, 0.05) is 21.1 Å². The molecule has 0 atom stereocenters. The summed E-state index contributed by atoms with van der Waals surface area (Å²) in [5.41, 5.74) is 2.24. The molecule has 0 spiro atoms. The third-order valence-electron chi connectivity index (χ3n) is 2.77. The van der Waals surface area contributed by atoms with E-state index in [2.05, 4.69) is 43.2 Å². The molecule has 0 aliphatic carbocycles. The summed E-state index contributed by atoms with van der Waals surface area (Å²) >= 11 is 6.96. The first-order chi connectivity index (χ1) is 9.10. The zero-order valence-electron chi connectivity index (χ0n) is 10.8. The van der Waals surface area contributed by atoms with Crippen LogP contribution in [0, 0.1) is 6.92 Å². The molecule has 2 rings (SSSR count). The number of rotatable bonds is 4. The Morgan fingerprint density at radius 3 is 2.32 bits per heavy atom. The van der Waals surface area contributed by atoms with E-state index in [0.717, 1.165) is 38.1 Å². The SMILES string of the molecule is CNCc1ccc(Br)cc1Oc1cc(Br)ccc1C. The van der Waals surface area contributed by atoms with Crippen LogP contribution in [0.2, 0.25) is 0 Å². The van der Waals surface area contributed by atoms with Crippen LogP contribution in [0.3, 0.4) is 0 Å². The predicted octanol–water partition coefficient (Wildman–Crippen LogP) is 5.03. The molecule has 1 N–H and O–H groups in total. The van der Waals surface area contributed by atoms with Crippen LogP contribution in [0.15, 0.2) is 45.3 Å². The Bertz CT molecular complexity index is 584. The third kappa shape index (κ3) is 3.81. The lowest BCUT2D eigenvalue weighted by molar-refractivity contribution is 0.470. The molecule has 19 heavy (non-hydrogen) atoms. The van der Waals surface area contributed by atoms with E-state index in [0.29, 0.717) is 0 Å². The van der Waals surface area contributed by atoms with Gasteiger partial charge in [-0.05, 0) is 43.8 Å². The molecule has 0 saturated heterocycles. The first-order valence-corrected chi connectivity index (χ1v) is 7.56. The maximum absolute atomic E-state index is 6.05. The fraction of sp³-hybridized carbons (Fsp3) is 0.200. The molecule has 0 saturated carbocycles.